The second kappa shape index (κ2) is 5.80. The smallest absolute Gasteiger partial charge is 0.305 e. The van der Waals surface area contributed by atoms with Crippen LogP contribution >= 0.6 is 11.8 Å². The lowest BCUT2D eigenvalue weighted by molar-refractivity contribution is -0.140. The zero-order valence-electron chi connectivity index (χ0n) is 11.2. The Morgan fingerprint density at radius 3 is 3.00 bits per heavy atom. The van der Waals surface area contributed by atoms with E-state index in [-0.39, 0.29) is 12.5 Å². The molecule has 2 atom stereocenters. The summed E-state index contributed by atoms with van der Waals surface area (Å²) >= 11 is 1.99. The summed E-state index contributed by atoms with van der Waals surface area (Å²) in [5, 5.41) is 9.00. The standard InChI is InChI=1S/C13H23NO3S/c1-13(2)6-11(8-18-9-13)14-3-4-17-7-10(14)5-12(15)16/h10-11H,3-9H2,1-2H3,(H,15,16). The van der Waals surface area contributed by atoms with Gasteiger partial charge in [-0.25, -0.2) is 0 Å². The molecule has 2 aliphatic rings. The van der Waals surface area contributed by atoms with Crippen molar-refractivity contribution in [3.63, 3.8) is 0 Å². The second-order valence-corrected chi connectivity index (χ2v) is 7.13. The summed E-state index contributed by atoms with van der Waals surface area (Å²) < 4.78 is 5.44. The number of morpholine rings is 1. The van der Waals surface area contributed by atoms with Crippen molar-refractivity contribution in [2.24, 2.45) is 5.41 Å². The van der Waals surface area contributed by atoms with Gasteiger partial charge in [-0.1, -0.05) is 13.8 Å². The van der Waals surface area contributed by atoms with Crippen molar-refractivity contribution in [3.8, 4) is 0 Å². The van der Waals surface area contributed by atoms with Gasteiger partial charge in [0.1, 0.15) is 0 Å². The molecule has 0 saturated carbocycles. The molecule has 104 valence electrons. The summed E-state index contributed by atoms with van der Waals surface area (Å²) in [6.07, 6.45) is 1.36. The van der Waals surface area contributed by atoms with E-state index >= 15 is 0 Å². The molecule has 2 saturated heterocycles. The Hall–Kier alpha value is -0.260. The molecule has 0 aromatic rings. The van der Waals surface area contributed by atoms with Gasteiger partial charge in [-0.3, -0.25) is 9.69 Å². The predicted octanol–water partition coefficient (Wildman–Crippen LogP) is 1.69. The van der Waals surface area contributed by atoms with Gasteiger partial charge in [-0.15, -0.1) is 0 Å². The number of carbonyl (C=O) groups is 1. The third kappa shape index (κ3) is 3.62. The number of carboxylic acid groups (broad SMARTS) is 1. The molecular formula is C13H23NO3S. The average molecular weight is 273 g/mol. The monoisotopic (exact) mass is 273 g/mol. The number of hydrogen-bond acceptors (Lipinski definition) is 4. The van der Waals surface area contributed by atoms with E-state index in [2.05, 4.69) is 18.7 Å². The van der Waals surface area contributed by atoms with Gasteiger partial charge in [0.15, 0.2) is 0 Å². The first-order valence-electron chi connectivity index (χ1n) is 6.61. The molecule has 2 rings (SSSR count). The summed E-state index contributed by atoms with van der Waals surface area (Å²) in [5.41, 5.74) is 0.361. The fourth-order valence-corrected chi connectivity index (χ4v) is 4.34. The third-order valence-corrected chi connectivity index (χ3v) is 5.35. The van der Waals surface area contributed by atoms with Crippen LogP contribution in [0.2, 0.25) is 0 Å². The maximum atomic E-state index is 10.9. The zero-order valence-corrected chi connectivity index (χ0v) is 12.0. The first-order chi connectivity index (χ1) is 8.48. The fourth-order valence-electron chi connectivity index (χ4n) is 2.97. The Balaban J connectivity index is 2.01. The third-order valence-electron chi connectivity index (χ3n) is 3.74. The van der Waals surface area contributed by atoms with E-state index < -0.39 is 5.97 Å². The van der Waals surface area contributed by atoms with Gasteiger partial charge in [-0.05, 0) is 17.6 Å². The molecule has 2 fully saturated rings. The Bertz CT molecular complexity index is 309. The quantitative estimate of drug-likeness (QED) is 0.848. The molecule has 0 aliphatic carbocycles. The summed E-state index contributed by atoms with van der Waals surface area (Å²) in [6.45, 7) is 6.78. The van der Waals surface area contributed by atoms with Crippen LogP contribution in [0.25, 0.3) is 0 Å². The molecular weight excluding hydrogens is 250 g/mol. The van der Waals surface area contributed by atoms with Crippen LogP contribution in [-0.4, -0.2) is 59.3 Å². The number of rotatable bonds is 3. The van der Waals surface area contributed by atoms with Crippen LogP contribution in [-0.2, 0) is 9.53 Å². The molecule has 1 N–H and O–H groups in total. The van der Waals surface area contributed by atoms with Crippen molar-refractivity contribution in [2.45, 2.75) is 38.8 Å². The highest BCUT2D eigenvalue weighted by Crippen LogP contribution is 2.36. The van der Waals surface area contributed by atoms with Crippen LogP contribution in [0.4, 0.5) is 0 Å². The minimum Gasteiger partial charge on any atom is -0.481 e. The zero-order chi connectivity index (χ0) is 13.2. The Morgan fingerprint density at radius 2 is 2.33 bits per heavy atom. The van der Waals surface area contributed by atoms with Gasteiger partial charge >= 0.3 is 5.97 Å². The van der Waals surface area contributed by atoms with Gasteiger partial charge in [-0.2, -0.15) is 11.8 Å². The highest BCUT2D eigenvalue weighted by atomic mass is 32.2. The highest BCUT2D eigenvalue weighted by molar-refractivity contribution is 7.99. The number of ether oxygens (including phenoxy) is 1. The first-order valence-corrected chi connectivity index (χ1v) is 7.76. The van der Waals surface area contributed by atoms with E-state index in [1.165, 1.54) is 5.75 Å². The Labute approximate surface area is 113 Å². The molecule has 2 heterocycles. The molecule has 18 heavy (non-hydrogen) atoms. The minimum absolute atomic E-state index is 0.0516. The fraction of sp³-hybridized carbons (Fsp3) is 0.923. The second-order valence-electron chi connectivity index (χ2n) is 6.10. The lowest BCUT2D eigenvalue weighted by Crippen LogP contribution is -2.54. The van der Waals surface area contributed by atoms with Crippen molar-refractivity contribution in [1.82, 2.24) is 4.90 Å². The Morgan fingerprint density at radius 1 is 1.56 bits per heavy atom. The maximum Gasteiger partial charge on any atom is 0.305 e. The van der Waals surface area contributed by atoms with E-state index in [1.807, 2.05) is 11.8 Å². The van der Waals surface area contributed by atoms with Gasteiger partial charge < -0.3 is 9.84 Å². The summed E-state index contributed by atoms with van der Waals surface area (Å²) in [7, 11) is 0. The van der Waals surface area contributed by atoms with Gasteiger partial charge in [0.25, 0.3) is 0 Å². The molecule has 0 aromatic heterocycles. The predicted molar refractivity (Wildman–Crippen MR) is 73.1 cm³/mol. The summed E-state index contributed by atoms with van der Waals surface area (Å²) in [5.74, 6) is 1.61. The topological polar surface area (TPSA) is 49.8 Å². The molecule has 2 aliphatic heterocycles. The highest BCUT2D eigenvalue weighted by Gasteiger charge is 2.36. The molecule has 4 nitrogen and oxygen atoms in total. The van der Waals surface area contributed by atoms with Crippen molar-refractivity contribution in [1.29, 1.82) is 0 Å². The van der Waals surface area contributed by atoms with Crippen molar-refractivity contribution in [3.05, 3.63) is 0 Å². The largest absolute Gasteiger partial charge is 0.481 e. The number of carboxylic acids is 1. The summed E-state index contributed by atoms with van der Waals surface area (Å²) in [4.78, 5) is 13.3. The van der Waals surface area contributed by atoms with Gasteiger partial charge in [0.2, 0.25) is 0 Å². The SMILES string of the molecule is CC1(C)CSCC(N2CCOCC2CC(=O)O)C1. The van der Waals surface area contributed by atoms with Gasteiger partial charge in [0, 0.05) is 24.4 Å². The number of hydrogen-bond donors (Lipinski definition) is 1. The number of aliphatic carboxylic acids is 1. The van der Waals surface area contributed by atoms with Crippen LogP contribution in [0.15, 0.2) is 0 Å². The lowest BCUT2D eigenvalue weighted by atomic mass is 9.86. The number of thioether (sulfide) groups is 1. The summed E-state index contributed by atoms with van der Waals surface area (Å²) in [6, 6.07) is 0.558. The minimum atomic E-state index is -0.724. The lowest BCUT2D eigenvalue weighted by Gasteiger charge is -2.45. The molecule has 0 radical (unpaired) electrons. The average Bonchev–Trinajstić information content (AvgIpc) is 2.27. The van der Waals surface area contributed by atoms with Crippen molar-refractivity contribution >= 4 is 17.7 Å². The van der Waals surface area contributed by atoms with E-state index in [1.54, 1.807) is 0 Å². The number of nitrogens with zero attached hydrogens (tertiary/aromatic N) is 1. The van der Waals surface area contributed by atoms with E-state index in [0.29, 0.717) is 18.1 Å². The molecule has 5 heteroatoms. The maximum absolute atomic E-state index is 10.9. The normalized spacial score (nSPS) is 33.2. The first kappa shape index (κ1) is 14.2. The van der Waals surface area contributed by atoms with Crippen LogP contribution in [0.3, 0.4) is 0 Å². The van der Waals surface area contributed by atoms with Crippen LogP contribution in [0.5, 0.6) is 0 Å². The van der Waals surface area contributed by atoms with Crippen molar-refractivity contribution < 1.29 is 14.6 Å². The van der Waals surface area contributed by atoms with E-state index in [0.717, 1.165) is 25.3 Å². The van der Waals surface area contributed by atoms with Crippen LogP contribution in [0, 0.1) is 5.41 Å². The van der Waals surface area contributed by atoms with Gasteiger partial charge in [0.05, 0.1) is 19.6 Å². The van der Waals surface area contributed by atoms with Crippen molar-refractivity contribution in [2.75, 3.05) is 31.3 Å². The molecule has 0 aromatic carbocycles. The van der Waals surface area contributed by atoms with Crippen LogP contribution in [0.1, 0.15) is 26.7 Å². The van der Waals surface area contributed by atoms with Crippen LogP contribution < -0.4 is 0 Å². The Kier molecular flexibility index (Phi) is 4.56. The molecule has 0 spiro atoms. The van der Waals surface area contributed by atoms with E-state index in [4.69, 9.17) is 9.84 Å². The molecule has 2 unspecified atom stereocenters. The molecule has 0 amide bonds. The van der Waals surface area contributed by atoms with E-state index in [9.17, 15) is 4.79 Å². The molecule has 0 bridgehead atoms.